The summed E-state index contributed by atoms with van der Waals surface area (Å²) in [6.07, 6.45) is 1.74. The molecule has 0 fully saturated rings. The van der Waals surface area contributed by atoms with Gasteiger partial charge in [-0.15, -0.1) is 0 Å². The number of nitrogens with one attached hydrogen (secondary N) is 2. The number of fused-ring (bicyclic) bond motifs is 1. The van der Waals surface area contributed by atoms with Crippen LogP contribution in [-0.2, 0) is 6.54 Å². The van der Waals surface area contributed by atoms with E-state index in [1.165, 1.54) is 0 Å². The van der Waals surface area contributed by atoms with Gasteiger partial charge in [-0.3, -0.25) is 5.32 Å². The van der Waals surface area contributed by atoms with Gasteiger partial charge < -0.3 is 11.1 Å². The van der Waals surface area contributed by atoms with E-state index in [0.29, 0.717) is 18.9 Å². The lowest BCUT2D eigenvalue weighted by Crippen LogP contribution is -2.28. The molecule has 0 unspecified atom stereocenters. The Bertz CT molecular complexity index is 568. The molecule has 2 aromatic rings. The molecule has 0 aliphatic rings. The zero-order valence-electron chi connectivity index (χ0n) is 10.2. The van der Waals surface area contributed by atoms with Crippen LogP contribution in [0.3, 0.4) is 0 Å². The van der Waals surface area contributed by atoms with Gasteiger partial charge in [-0.25, -0.2) is 9.78 Å². The molecule has 2 rings (SSSR count). The van der Waals surface area contributed by atoms with Crippen LogP contribution in [0, 0.1) is 0 Å². The van der Waals surface area contributed by atoms with Crippen LogP contribution in [0.4, 0.5) is 10.6 Å². The summed E-state index contributed by atoms with van der Waals surface area (Å²) in [5.74, 6) is 0.530. The number of hydrogen-bond donors (Lipinski definition) is 3. The Morgan fingerprint density at radius 2 is 2.28 bits per heavy atom. The number of anilines is 1. The van der Waals surface area contributed by atoms with Gasteiger partial charge in [-0.05, 0) is 23.9 Å². The van der Waals surface area contributed by atoms with E-state index in [0.717, 1.165) is 16.3 Å². The second-order valence-electron chi connectivity index (χ2n) is 3.90. The summed E-state index contributed by atoms with van der Waals surface area (Å²) in [4.78, 5) is 15.6. The van der Waals surface area contributed by atoms with Crippen LogP contribution in [0.5, 0.6) is 0 Å². The molecule has 5 heteroatoms. The molecule has 94 valence electrons. The van der Waals surface area contributed by atoms with E-state index in [1.54, 1.807) is 6.20 Å². The van der Waals surface area contributed by atoms with Crippen molar-refractivity contribution >= 4 is 22.6 Å². The van der Waals surface area contributed by atoms with Gasteiger partial charge in [0.15, 0.2) is 0 Å². The lowest BCUT2D eigenvalue weighted by Gasteiger charge is -2.08. The number of aromatic nitrogens is 1. The summed E-state index contributed by atoms with van der Waals surface area (Å²) in [7, 11) is 0. The Hall–Kier alpha value is -2.14. The van der Waals surface area contributed by atoms with Crippen LogP contribution in [0.25, 0.3) is 10.8 Å². The molecular formula is C13H16N4O. The first-order valence-electron chi connectivity index (χ1n) is 5.87. The highest BCUT2D eigenvalue weighted by Gasteiger charge is 2.04. The van der Waals surface area contributed by atoms with E-state index in [-0.39, 0.29) is 6.03 Å². The number of nitrogens with two attached hydrogens (primary N) is 1. The summed E-state index contributed by atoms with van der Waals surface area (Å²) >= 11 is 0. The molecule has 0 bridgehead atoms. The van der Waals surface area contributed by atoms with Gasteiger partial charge >= 0.3 is 6.03 Å². The lowest BCUT2D eigenvalue weighted by molar-refractivity contribution is 0.252. The smallest absolute Gasteiger partial charge is 0.320 e. The van der Waals surface area contributed by atoms with E-state index in [9.17, 15) is 4.79 Å². The Morgan fingerprint density at radius 3 is 3.00 bits per heavy atom. The number of hydrogen-bond acceptors (Lipinski definition) is 3. The minimum absolute atomic E-state index is 0.251. The molecule has 1 aromatic carbocycles. The first-order valence-corrected chi connectivity index (χ1v) is 5.87. The second kappa shape index (κ2) is 5.46. The molecule has 0 atom stereocenters. The summed E-state index contributed by atoms with van der Waals surface area (Å²) in [6.45, 7) is 2.92. The van der Waals surface area contributed by atoms with Crippen molar-refractivity contribution in [1.29, 1.82) is 0 Å². The summed E-state index contributed by atoms with van der Waals surface area (Å²) < 4.78 is 0. The third kappa shape index (κ3) is 2.57. The lowest BCUT2D eigenvalue weighted by atomic mass is 10.1. The summed E-state index contributed by atoms with van der Waals surface area (Å²) in [5.41, 5.74) is 6.71. The van der Waals surface area contributed by atoms with Crippen LogP contribution in [0.1, 0.15) is 12.5 Å². The molecule has 0 spiro atoms. The fourth-order valence-corrected chi connectivity index (χ4v) is 1.80. The molecule has 0 aliphatic carbocycles. The maximum absolute atomic E-state index is 11.4. The highest BCUT2D eigenvalue weighted by Crippen LogP contribution is 2.20. The molecule has 5 nitrogen and oxygen atoms in total. The van der Waals surface area contributed by atoms with E-state index in [1.807, 2.05) is 31.2 Å². The average molecular weight is 244 g/mol. The van der Waals surface area contributed by atoms with Crippen LogP contribution in [0.15, 0.2) is 30.5 Å². The first kappa shape index (κ1) is 12.3. The van der Waals surface area contributed by atoms with Crippen LogP contribution >= 0.6 is 0 Å². The molecule has 0 saturated carbocycles. The molecule has 18 heavy (non-hydrogen) atoms. The fraction of sp³-hybridized carbons (Fsp3) is 0.231. The number of carbonyl (C=O) groups is 1. The Balaban J connectivity index is 2.30. The third-order valence-corrected chi connectivity index (χ3v) is 2.65. The average Bonchev–Trinajstić information content (AvgIpc) is 2.38. The van der Waals surface area contributed by atoms with Gasteiger partial charge in [0.2, 0.25) is 0 Å². The van der Waals surface area contributed by atoms with E-state index < -0.39 is 0 Å². The Kier molecular flexibility index (Phi) is 3.74. The number of urea groups is 1. The van der Waals surface area contributed by atoms with E-state index in [4.69, 9.17) is 5.73 Å². The zero-order chi connectivity index (χ0) is 13.0. The van der Waals surface area contributed by atoms with Crippen molar-refractivity contribution in [2.45, 2.75) is 13.5 Å². The predicted octanol–water partition coefficient (Wildman–Crippen LogP) is 1.83. The number of carbonyl (C=O) groups excluding carboxylic acids is 1. The number of benzene rings is 1. The minimum Gasteiger partial charge on any atom is -0.338 e. The molecule has 2 amide bonds. The standard InChI is InChI=1S/C13H16N4O/c1-2-15-13(18)17-12-6-9-4-3-5-10(7-14)11(9)8-16-12/h3-6,8H,2,7,14H2,1H3,(H2,15,16,17,18). The van der Waals surface area contributed by atoms with Crippen molar-refractivity contribution in [2.24, 2.45) is 5.73 Å². The number of amides is 2. The topological polar surface area (TPSA) is 80.0 Å². The Labute approximate surface area is 105 Å². The molecule has 0 radical (unpaired) electrons. The van der Waals surface area contributed by atoms with Gasteiger partial charge in [-0.1, -0.05) is 18.2 Å². The monoisotopic (exact) mass is 244 g/mol. The second-order valence-corrected chi connectivity index (χ2v) is 3.90. The van der Waals surface area contributed by atoms with Crippen molar-refractivity contribution < 1.29 is 4.79 Å². The largest absolute Gasteiger partial charge is 0.338 e. The molecule has 0 saturated heterocycles. The number of nitrogens with zero attached hydrogens (tertiary/aromatic N) is 1. The molecular weight excluding hydrogens is 228 g/mol. The molecule has 4 N–H and O–H groups in total. The molecule has 0 aliphatic heterocycles. The molecule has 1 aromatic heterocycles. The van der Waals surface area contributed by atoms with Crippen molar-refractivity contribution in [3.8, 4) is 0 Å². The highest BCUT2D eigenvalue weighted by molar-refractivity contribution is 5.92. The highest BCUT2D eigenvalue weighted by atomic mass is 16.2. The summed E-state index contributed by atoms with van der Waals surface area (Å²) in [5, 5.41) is 7.36. The maximum atomic E-state index is 11.4. The van der Waals surface area contributed by atoms with Crippen LogP contribution < -0.4 is 16.4 Å². The minimum atomic E-state index is -0.251. The normalized spacial score (nSPS) is 10.3. The van der Waals surface area contributed by atoms with Crippen LogP contribution in [-0.4, -0.2) is 17.6 Å². The van der Waals surface area contributed by atoms with E-state index >= 15 is 0 Å². The SMILES string of the molecule is CCNC(=O)Nc1cc2cccc(CN)c2cn1. The third-order valence-electron chi connectivity index (χ3n) is 2.65. The van der Waals surface area contributed by atoms with Crippen molar-refractivity contribution in [1.82, 2.24) is 10.3 Å². The zero-order valence-corrected chi connectivity index (χ0v) is 10.2. The summed E-state index contributed by atoms with van der Waals surface area (Å²) in [6, 6.07) is 7.48. The maximum Gasteiger partial charge on any atom is 0.320 e. The first-order chi connectivity index (χ1) is 8.74. The van der Waals surface area contributed by atoms with Gasteiger partial charge in [0.25, 0.3) is 0 Å². The van der Waals surface area contributed by atoms with Crippen molar-refractivity contribution in [3.63, 3.8) is 0 Å². The van der Waals surface area contributed by atoms with Gasteiger partial charge in [0, 0.05) is 24.7 Å². The van der Waals surface area contributed by atoms with Gasteiger partial charge in [0.05, 0.1) is 0 Å². The van der Waals surface area contributed by atoms with Gasteiger partial charge in [-0.2, -0.15) is 0 Å². The number of rotatable bonds is 3. The quantitative estimate of drug-likeness (QED) is 0.770. The van der Waals surface area contributed by atoms with Crippen molar-refractivity contribution in [3.05, 3.63) is 36.0 Å². The molecule has 1 heterocycles. The van der Waals surface area contributed by atoms with Crippen molar-refractivity contribution in [2.75, 3.05) is 11.9 Å². The van der Waals surface area contributed by atoms with E-state index in [2.05, 4.69) is 15.6 Å². The fourth-order valence-electron chi connectivity index (χ4n) is 1.80. The predicted molar refractivity (Wildman–Crippen MR) is 72.3 cm³/mol. The van der Waals surface area contributed by atoms with Gasteiger partial charge in [0.1, 0.15) is 5.82 Å². The van der Waals surface area contributed by atoms with Crippen LogP contribution in [0.2, 0.25) is 0 Å². The number of pyridine rings is 1. The Morgan fingerprint density at radius 1 is 1.44 bits per heavy atom.